The van der Waals surface area contributed by atoms with Crippen molar-refractivity contribution >= 4 is 29.1 Å². The number of carbonyl (C=O) groups excluding carboxylic acids is 1. The minimum atomic E-state index is -1.86. The SMILES string of the molecule is CCOC(=O)C(F)[C@H](N)c1cccc2ccccc12.Cl. The van der Waals surface area contributed by atoms with Gasteiger partial charge in [0.1, 0.15) is 0 Å². The van der Waals surface area contributed by atoms with Crippen LogP contribution < -0.4 is 5.73 Å². The van der Waals surface area contributed by atoms with Crippen LogP contribution in [0.5, 0.6) is 0 Å². The highest BCUT2D eigenvalue weighted by Crippen LogP contribution is 2.26. The standard InChI is InChI=1S/C15H16FNO2.ClH/c1-2-19-15(18)13(16)14(17)12-9-5-7-10-6-3-4-8-11(10)12;/h3-9,13-14H,2,17H2,1H3;1H/t13?,14-;/m1./s1. The van der Waals surface area contributed by atoms with Gasteiger partial charge in [-0.05, 0) is 23.3 Å². The van der Waals surface area contributed by atoms with Crippen molar-refractivity contribution in [3.05, 3.63) is 48.0 Å². The number of hydrogen-bond donors (Lipinski definition) is 1. The molecule has 2 aromatic carbocycles. The lowest BCUT2D eigenvalue weighted by atomic mass is 9.96. The first-order valence-corrected chi connectivity index (χ1v) is 6.19. The molecule has 0 heterocycles. The second-order valence-corrected chi connectivity index (χ2v) is 4.25. The molecule has 0 aromatic heterocycles. The molecule has 108 valence electrons. The predicted octanol–water partition coefficient (Wildman–Crippen LogP) is 3.16. The molecule has 0 saturated carbocycles. The molecule has 0 spiro atoms. The first-order chi connectivity index (χ1) is 9.15. The monoisotopic (exact) mass is 297 g/mol. The lowest BCUT2D eigenvalue weighted by Gasteiger charge is -2.17. The molecule has 0 aliphatic heterocycles. The van der Waals surface area contributed by atoms with Crippen LogP contribution in [0, 0.1) is 0 Å². The molecular weight excluding hydrogens is 281 g/mol. The van der Waals surface area contributed by atoms with Crippen molar-refractivity contribution in [3.8, 4) is 0 Å². The molecule has 0 amide bonds. The lowest BCUT2D eigenvalue weighted by molar-refractivity contribution is -0.149. The zero-order valence-corrected chi connectivity index (χ0v) is 11.9. The second kappa shape index (κ2) is 7.22. The molecule has 0 saturated heterocycles. The van der Waals surface area contributed by atoms with E-state index >= 15 is 0 Å². The van der Waals surface area contributed by atoms with Gasteiger partial charge in [-0.3, -0.25) is 0 Å². The highest BCUT2D eigenvalue weighted by molar-refractivity contribution is 5.87. The number of ether oxygens (including phenoxy) is 1. The zero-order valence-electron chi connectivity index (χ0n) is 11.1. The normalized spacial score (nSPS) is 13.3. The fourth-order valence-electron chi connectivity index (χ4n) is 2.07. The minimum Gasteiger partial charge on any atom is -0.464 e. The van der Waals surface area contributed by atoms with E-state index in [2.05, 4.69) is 4.74 Å². The zero-order chi connectivity index (χ0) is 13.8. The topological polar surface area (TPSA) is 52.3 Å². The van der Waals surface area contributed by atoms with Crippen molar-refractivity contribution in [1.82, 2.24) is 0 Å². The lowest BCUT2D eigenvalue weighted by Crippen LogP contribution is -2.31. The van der Waals surface area contributed by atoms with Gasteiger partial charge < -0.3 is 10.5 Å². The maximum absolute atomic E-state index is 14.0. The van der Waals surface area contributed by atoms with Crippen LogP contribution >= 0.6 is 12.4 Å². The van der Waals surface area contributed by atoms with Gasteiger partial charge in [-0.2, -0.15) is 0 Å². The Bertz CT molecular complexity index is 586. The molecule has 20 heavy (non-hydrogen) atoms. The average Bonchev–Trinajstić information content (AvgIpc) is 2.45. The molecule has 0 aliphatic rings. The van der Waals surface area contributed by atoms with E-state index in [1.54, 1.807) is 19.1 Å². The summed E-state index contributed by atoms with van der Waals surface area (Å²) in [5.74, 6) is -0.914. The fourth-order valence-corrected chi connectivity index (χ4v) is 2.07. The Kier molecular flexibility index (Phi) is 5.92. The molecule has 2 rings (SSSR count). The van der Waals surface area contributed by atoms with Gasteiger partial charge in [-0.25, -0.2) is 9.18 Å². The molecule has 5 heteroatoms. The third kappa shape index (κ3) is 3.26. The van der Waals surface area contributed by atoms with Crippen molar-refractivity contribution in [2.45, 2.75) is 19.1 Å². The molecule has 0 fully saturated rings. The summed E-state index contributed by atoms with van der Waals surface area (Å²) in [6.07, 6.45) is -1.86. The number of esters is 1. The Morgan fingerprint density at radius 1 is 1.25 bits per heavy atom. The molecule has 3 nitrogen and oxygen atoms in total. The van der Waals surface area contributed by atoms with Crippen LogP contribution in [0.4, 0.5) is 4.39 Å². The Balaban J connectivity index is 0.00000200. The molecule has 2 aromatic rings. The van der Waals surface area contributed by atoms with E-state index in [0.29, 0.717) is 5.56 Å². The summed E-state index contributed by atoms with van der Waals surface area (Å²) in [5, 5.41) is 1.82. The van der Waals surface area contributed by atoms with Crippen LogP contribution in [0.2, 0.25) is 0 Å². The second-order valence-electron chi connectivity index (χ2n) is 4.25. The first kappa shape index (κ1) is 16.4. The van der Waals surface area contributed by atoms with Gasteiger partial charge >= 0.3 is 5.97 Å². The first-order valence-electron chi connectivity index (χ1n) is 6.19. The molecule has 0 bridgehead atoms. The van der Waals surface area contributed by atoms with Crippen LogP contribution in [0.25, 0.3) is 10.8 Å². The number of carbonyl (C=O) groups is 1. The van der Waals surface area contributed by atoms with Gasteiger partial charge in [0, 0.05) is 0 Å². The van der Waals surface area contributed by atoms with Gasteiger partial charge in [0.25, 0.3) is 0 Å². The van der Waals surface area contributed by atoms with Gasteiger partial charge in [0.2, 0.25) is 6.17 Å². The molecule has 1 unspecified atom stereocenters. The Morgan fingerprint density at radius 3 is 2.60 bits per heavy atom. The summed E-state index contributed by atoms with van der Waals surface area (Å²) in [6, 6.07) is 12.0. The van der Waals surface area contributed by atoms with Crippen molar-refractivity contribution in [1.29, 1.82) is 0 Å². The van der Waals surface area contributed by atoms with E-state index in [9.17, 15) is 9.18 Å². The van der Waals surface area contributed by atoms with Crippen LogP contribution in [0.15, 0.2) is 42.5 Å². The highest BCUT2D eigenvalue weighted by Gasteiger charge is 2.28. The van der Waals surface area contributed by atoms with Gasteiger partial charge in [0.15, 0.2) is 0 Å². The van der Waals surface area contributed by atoms with E-state index in [-0.39, 0.29) is 19.0 Å². The quantitative estimate of drug-likeness (QED) is 0.882. The third-order valence-electron chi connectivity index (χ3n) is 3.01. The number of fused-ring (bicyclic) bond motifs is 1. The van der Waals surface area contributed by atoms with Gasteiger partial charge in [-0.1, -0.05) is 42.5 Å². The van der Waals surface area contributed by atoms with E-state index in [1.165, 1.54) is 0 Å². The van der Waals surface area contributed by atoms with Crippen molar-refractivity contribution in [2.75, 3.05) is 6.61 Å². The molecule has 2 atom stereocenters. The predicted molar refractivity (Wildman–Crippen MR) is 79.7 cm³/mol. The van der Waals surface area contributed by atoms with Crippen LogP contribution in [0.1, 0.15) is 18.5 Å². The number of rotatable bonds is 4. The largest absolute Gasteiger partial charge is 0.464 e. The van der Waals surface area contributed by atoms with E-state index < -0.39 is 18.2 Å². The maximum atomic E-state index is 14.0. The smallest absolute Gasteiger partial charge is 0.342 e. The van der Waals surface area contributed by atoms with Crippen molar-refractivity contribution in [3.63, 3.8) is 0 Å². The minimum absolute atomic E-state index is 0. The summed E-state index contributed by atoms with van der Waals surface area (Å²) in [7, 11) is 0. The van der Waals surface area contributed by atoms with E-state index in [0.717, 1.165) is 10.8 Å². The Labute approximate surface area is 123 Å². The fraction of sp³-hybridized carbons (Fsp3) is 0.267. The number of nitrogens with two attached hydrogens (primary N) is 1. The molecular formula is C15H17ClFNO2. The molecule has 0 radical (unpaired) electrons. The van der Waals surface area contributed by atoms with E-state index in [1.807, 2.05) is 30.3 Å². The van der Waals surface area contributed by atoms with Crippen molar-refractivity contribution in [2.24, 2.45) is 5.73 Å². The van der Waals surface area contributed by atoms with Crippen LogP contribution in [-0.4, -0.2) is 18.7 Å². The van der Waals surface area contributed by atoms with E-state index in [4.69, 9.17) is 5.73 Å². The maximum Gasteiger partial charge on any atom is 0.342 e. The van der Waals surface area contributed by atoms with Crippen molar-refractivity contribution < 1.29 is 13.9 Å². The van der Waals surface area contributed by atoms with Crippen LogP contribution in [-0.2, 0) is 9.53 Å². The summed E-state index contributed by atoms with van der Waals surface area (Å²) < 4.78 is 18.7. The third-order valence-corrected chi connectivity index (χ3v) is 3.01. The van der Waals surface area contributed by atoms with Crippen LogP contribution in [0.3, 0.4) is 0 Å². The number of hydrogen-bond acceptors (Lipinski definition) is 3. The molecule has 2 N–H and O–H groups in total. The van der Waals surface area contributed by atoms with Gasteiger partial charge in [0.05, 0.1) is 12.6 Å². The Hall–Kier alpha value is -1.65. The highest BCUT2D eigenvalue weighted by atomic mass is 35.5. The molecule has 0 aliphatic carbocycles. The summed E-state index contributed by atoms with van der Waals surface area (Å²) in [6.45, 7) is 1.77. The average molecular weight is 298 g/mol. The number of halogens is 2. The van der Waals surface area contributed by atoms with Gasteiger partial charge in [-0.15, -0.1) is 12.4 Å². The Morgan fingerprint density at radius 2 is 1.90 bits per heavy atom. The summed E-state index contributed by atoms with van der Waals surface area (Å²) in [4.78, 5) is 11.4. The summed E-state index contributed by atoms with van der Waals surface area (Å²) >= 11 is 0. The number of alkyl halides is 1. The number of benzene rings is 2. The summed E-state index contributed by atoms with van der Waals surface area (Å²) in [5.41, 5.74) is 6.47.